The van der Waals surface area contributed by atoms with Crippen LogP contribution < -0.4 is 5.32 Å². The molecule has 1 aromatic heterocycles. The fraction of sp³-hybridized carbons (Fsp3) is 0.310. The number of benzene rings is 2. The van der Waals surface area contributed by atoms with E-state index in [9.17, 15) is 9.59 Å². The minimum atomic E-state index is -0.120. The Bertz CT molecular complexity index is 1350. The van der Waals surface area contributed by atoms with Crippen LogP contribution in [0.3, 0.4) is 0 Å². The fourth-order valence-corrected chi connectivity index (χ4v) is 5.31. The van der Waals surface area contributed by atoms with Crippen molar-refractivity contribution < 1.29 is 9.59 Å². The number of likely N-dealkylation sites (N-methyl/N-ethyl adjacent to an activating group) is 1. The topological polar surface area (TPSA) is 68.4 Å². The number of hydrogen-bond acceptors (Lipinski definition) is 3. The number of fused-ring (bicyclic) bond motifs is 1. The number of aromatic nitrogens is 1. The largest absolute Gasteiger partial charge is 0.359 e. The molecule has 6 nitrogen and oxygen atoms in total. The Morgan fingerprint density at radius 1 is 1.06 bits per heavy atom. The molecule has 186 valence electrons. The van der Waals surface area contributed by atoms with Gasteiger partial charge in [-0.1, -0.05) is 35.9 Å². The number of nitrogens with one attached hydrogen (secondary N) is 2. The number of halogens is 1. The first-order valence-corrected chi connectivity index (χ1v) is 12.8. The molecule has 36 heavy (non-hydrogen) atoms. The van der Waals surface area contributed by atoms with Crippen LogP contribution >= 0.6 is 11.6 Å². The summed E-state index contributed by atoms with van der Waals surface area (Å²) in [7, 11) is 2.09. The van der Waals surface area contributed by atoms with E-state index in [1.165, 1.54) is 0 Å². The molecule has 2 aromatic carbocycles. The van der Waals surface area contributed by atoms with Crippen LogP contribution in [0.1, 0.15) is 34.5 Å². The quantitative estimate of drug-likeness (QED) is 0.474. The third-order valence-corrected chi connectivity index (χ3v) is 7.60. The zero-order valence-electron chi connectivity index (χ0n) is 21.0. The number of carbonyl (C=O) groups excluding carboxylic acids is 2. The first-order chi connectivity index (χ1) is 17.3. The molecule has 3 heterocycles. The van der Waals surface area contributed by atoms with Crippen molar-refractivity contribution in [3.63, 3.8) is 0 Å². The monoisotopic (exact) mass is 502 g/mol. The van der Waals surface area contributed by atoms with E-state index in [4.69, 9.17) is 11.6 Å². The lowest BCUT2D eigenvalue weighted by Gasteiger charge is -2.32. The van der Waals surface area contributed by atoms with Gasteiger partial charge in [-0.2, -0.15) is 0 Å². The lowest BCUT2D eigenvalue weighted by molar-refractivity contribution is -0.132. The summed E-state index contributed by atoms with van der Waals surface area (Å²) in [6.45, 7) is 7.53. The molecule has 1 saturated heterocycles. The van der Waals surface area contributed by atoms with Gasteiger partial charge in [-0.05, 0) is 73.8 Å². The highest BCUT2D eigenvalue weighted by molar-refractivity contribution is 6.36. The zero-order chi connectivity index (χ0) is 25.4. The molecule has 3 aromatic rings. The van der Waals surface area contributed by atoms with Crippen LogP contribution in [0, 0.1) is 13.8 Å². The van der Waals surface area contributed by atoms with Crippen molar-refractivity contribution in [2.45, 2.75) is 26.7 Å². The fourth-order valence-electron chi connectivity index (χ4n) is 5.18. The maximum Gasteiger partial charge on any atom is 0.256 e. The van der Waals surface area contributed by atoms with E-state index < -0.39 is 0 Å². The highest BCUT2D eigenvalue weighted by Gasteiger charge is 2.28. The van der Waals surface area contributed by atoms with Crippen LogP contribution in [-0.2, 0) is 16.0 Å². The van der Waals surface area contributed by atoms with Gasteiger partial charge < -0.3 is 20.1 Å². The highest BCUT2D eigenvalue weighted by atomic mass is 35.5. The molecular weight excluding hydrogens is 472 g/mol. The van der Waals surface area contributed by atoms with Crippen LogP contribution in [0.4, 0.5) is 5.69 Å². The molecule has 0 atom stereocenters. The second kappa shape index (κ2) is 9.96. The number of anilines is 1. The van der Waals surface area contributed by atoms with Crippen LogP contribution in [-0.4, -0.2) is 59.8 Å². The predicted molar refractivity (Wildman–Crippen MR) is 146 cm³/mol. The summed E-state index contributed by atoms with van der Waals surface area (Å²) in [5.74, 6) is 0.0876. The number of piperazine rings is 1. The number of hydrogen-bond donors (Lipinski definition) is 2. The van der Waals surface area contributed by atoms with Gasteiger partial charge in [-0.15, -0.1) is 0 Å². The molecule has 1 fully saturated rings. The normalized spacial score (nSPS) is 16.9. The Balaban J connectivity index is 1.42. The van der Waals surface area contributed by atoms with Gasteiger partial charge in [0, 0.05) is 60.3 Å². The van der Waals surface area contributed by atoms with Gasteiger partial charge in [0.15, 0.2) is 0 Å². The second-order valence-corrected chi connectivity index (χ2v) is 10.1. The van der Waals surface area contributed by atoms with E-state index in [1.54, 1.807) is 0 Å². The maximum absolute atomic E-state index is 13.0. The van der Waals surface area contributed by atoms with E-state index in [-0.39, 0.29) is 11.8 Å². The van der Waals surface area contributed by atoms with Crippen LogP contribution in [0.25, 0.3) is 22.8 Å². The van der Waals surface area contributed by atoms with Crippen molar-refractivity contribution in [1.29, 1.82) is 0 Å². The molecule has 2 aliphatic rings. The minimum absolute atomic E-state index is 0.120. The maximum atomic E-state index is 13.0. The molecule has 2 aliphatic heterocycles. The number of H-pyrrole nitrogens is 1. The van der Waals surface area contributed by atoms with Gasteiger partial charge in [0.1, 0.15) is 0 Å². The first-order valence-electron chi connectivity index (χ1n) is 12.4. The molecule has 7 heteroatoms. The third-order valence-electron chi connectivity index (χ3n) is 7.35. The third kappa shape index (κ3) is 4.71. The van der Waals surface area contributed by atoms with E-state index >= 15 is 0 Å². The molecule has 0 bridgehead atoms. The molecule has 0 radical (unpaired) electrons. The smallest absolute Gasteiger partial charge is 0.256 e. The van der Waals surface area contributed by atoms with Crippen LogP contribution in [0.5, 0.6) is 0 Å². The lowest BCUT2D eigenvalue weighted by atomic mass is 9.94. The van der Waals surface area contributed by atoms with Crippen molar-refractivity contribution in [3.05, 3.63) is 75.6 Å². The number of nitrogens with zero attached hydrogens (tertiary/aromatic N) is 2. The Labute approximate surface area is 216 Å². The average molecular weight is 503 g/mol. The van der Waals surface area contributed by atoms with Crippen LogP contribution in [0.2, 0.25) is 5.02 Å². The second-order valence-electron chi connectivity index (χ2n) is 9.70. The van der Waals surface area contributed by atoms with Crippen molar-refractivity contribution in [3.8, 4) is 11.1 Å². The number of rotatable bonds is 5. The SMILES string of the molecule is Cc1[nH]c(C=C2C(=O)Nc3cccc(-c4ccc(Cl)cc4)c32)c(C)c1CCC(=O)N1CCN(C)CC1. The van der Waals surface area contributed by atoms with Crippen molar-refractivity contribution in [1.82, 2.24) is 14.8 Å². The van der Waals surface area contributed by atoms with Crippen molar-refractivity contribution >= 4 is 40.8 Å². The summed E-state index contributed by atoms with van der Waals surface area (Å²) < 4.78 is 0. The Morgan fingerprint density at radius 3 is 2.50 bits per heavy atom. The number of carbonyl (C=O) groups is 2. The van der Waals surface area contributed by atoms with Gasteiger partial charge in [-0.25, -0.2) is 0 Å². The first kappa shape index (κ1) is 24.3. The summed E-state index contributed by atoms with van der Waals surface area (Å²) in [5.41, 5.74) is 8.47. The van der Waals surface area contributed by atoms with E-state index in [2.05, 4.69) is 29.2 Å². The van der Waals surface area contributed by atoms with Gasteiger partial charge >= 0.3 is 0 Å². The molecule has 0 aliphatic carbocycles. The summed E-state index contributed by atoms with van der Waals surface area (Å²) in [6, 6.07) is 13.6. The Hall–Kier alpha value is -3.35. The number of amides is 2. The minimum Gasteiger partial charge on any atom is -0.359 e. The summed E-state index contributed by atoms with van der Waals surface area (Å²) >= 11 is 6.10. The number of aryl methyl sites for hydroxylation is 1. The van der Waals surface area contributed by atoms with Gasteiger partial charge in [0.05, 0.1) is 5.57 Å². The zero-order valence-corrected chi connectivity index (χ0v) is 21.7. The molecule has 5 rings (SSSR count). The molecule has 2 amide bonds. The molecule has 0 saturated carbocycles. The summed E-state index contributed by atoms with van der Waals surface area (Å²) in [5, 5.41) is 3.68. The van der Waals surface area contributed by atoms with Crippen molar-refractivity contribution in [2.75, 3.05) is 38.5 Å². The Kier molecular flexibility index (Phi) is 6.73. The predicted octanol–water partition coefficient (Wildman–Crippen LogP) is 5.15. The van der Waals surface area contributed by atoms with E-state index in [0.29, 0.717) is 23.4 Å². The van der Waals surface area contributed by atoms with Gasteiger partial charge in [0.2, 0.25) is 5.91 Å². The van der Waals surface area contributed by atoms with Crippen molar-refractivity contribution in [2.24, 2.45) is 0 Å². The molecule has 2 N–H and O–H groups in total. The highest BCUT2D eigenvalue weighted by Crippen LogP contribution is 2.41. The van der Waals surface area contributed by atoms with Gasteiger partial charge in [0.25, 0.3) is 5.91 Å². The molecule has 0 unspecified atom stereocenters. The number of aromatic amines is 1. The lowest BCUT2D eigenvalue weighted by Crippen LogP contribution is -2.47. The molecule has 0 spiro atoms. The summed E-state index contributed by atoms with van der Waals surface area (Å²) in [6.07, 6.45) is 3.11. The average Bonchev–Trinajstić information content (AvgIpc) is 3.33. The standard InChI is InChI=1S/C29H31ClN4O2/c1-18-22(11-12-27(35)34-15-13-33(3)14-16-34)19(2)31-26(18)17-24-28-23(20-7-9-21(30)10-8-20)5-4-6-25(28)32-29(24)36/h4-10,17,31H,11-16H2,1-3H3,(H,32,36). The summed E-state index contributed by atoms with van der Waals surface area (Å²) in [4.78, 5) is 33.5. The van der Waals surface area contributed by atoms with E-state index in [1.807, 2.05) is 60.4 Å². The molecular formula is C29H31ClN4O2. The van der Waals surface area contributed by atoms with Crippen LogP contribution in [0.15, 0.2) is 42.5 Å². The van der Waals surface area contributed by atoms with E-state index in [0.717, 1.165) is 71.1 Å². The van der Waals surface area contributed by atoms with Gasteiger partial charge in [-0.3, -0.25) is 9.59 Å². The Morgan fingerprint density at radius 2 is 1.78 bits per heavy atom.